The first-order chi connectivity index (χ1) is 20.8. The highest BCUT2D eigenvalue weighted by molar-refractivity contribution is 5.81. The number of unbranched alkanes of at least 4 members (excludes halogenated alkanes) is 1. The fourth-order valence-corrected chi connectivity index (χ4v) is 5.46. The third kappa shape index (κ3) is 8.77. The number of aryl methyl sites for hydroxylation is 1. The van der Waals surface area contributed by atoms with Gasteiger partial charge in [0.1, 0.15) is 5.52 Å². The Balaban J connectivity index is 1.29. The molecule has 1 amide bonds. The molecule has 43 heavy (non-hydrogen) atoms. The Morgan fingerprint density at radius 2 is 1.93 bits per heavy atom. The number of carbonyl (C=O) groups is 2. The number of piperidine rings is 1. The number of H-pyrrole nitrogens is 1. The molecule has 1 aliphatic rings. The summed E-state index contributed by atoms with van der Waals surface area (Å²) in [4.78, 5) is 50.3. The lowest BCUT2D eigenvalue weighted by atomic mass is 9.83. The van der Waals surface area contributed by atoms with Crippen LogP contribution in [0.2, 0.25) is 0 Å². The van der Waals surface area contributed by atoms with E-state index < -0.39 is 0 Å². The molecule has 13 nitrogen and oxygen atoms in total. The molecular formula is C30H43N7O6. The van der Waals surface area contributed by atoms with E-state index in [1.807, 2.05) is 24.3 Å². The Bertz CT molecular complexity index is 1420. The van der Waals surface area contributed by atoms with Gasteiger partial charge in [0.2, 0.25) is 5.91 Å². The lowest BCUT2D eigenvalue weighted by molar-refractivity contribution is -0.139. The number of nitrogens with one attached hydrogen (secondary N) is 2. The monoisotopic (exact) mass is 597 g/mol. The van der Waals surface area contributed by atoms with Gasteiger partial charge in [0.15, 0.2) is 11.5 Å². The van der Waals surface area contributed by atoms with E-state index in [1.54, 1.807) is 4.57 Å². The molecule has 1 aliphatic heterocycles. The molecule has 1 saturated heterocycles. The number of aromatic amines is 1. The van der Waals surface area contributed by atoms with Crippen LogP contribution in [-0.4, -0.2) is 81.4 Å². The molecule has 234 valence electrons. The first kappa shape index (κ1) is 32.0. The van der Waals surface area contributed by atoms with Gasteiger partial charge in [-0.25, -0.2) is 4.79 Å². The minimum absolute atomic E-state index is 0.0700. The normalized spacial score (nSPS) is 17.2. The number of ether oxygens (including phenoxy) is 2. The highest BCUT2D eigenvalue weighted by Crippen LogP contribution is 2.28. The van der Waals surface area contributed by atoms with Crippen molar-refractivity contribution in [3.8, 4) is 6.01 Å². The number of rotatable bonds is 15. The van der Waals surface area contributed by atoms with Crippen LogP contribution in [0.4, 0.5) is 5.82 Å². The van der Waals surface area contributed by atoms with Crippen LogP contribution in [0.15, 0.2) is 29.1 Å². The van der Waals surface area contributed by atoms with E-state index in [0.717, 1.165) is 43.4 Å². The van der Waals surface area contributed by atoms with E-state index in [2.05, 4.69) is 32.1 Å². The van der Waals surface area contributed by atoms with Crippen LogP contribution in [0.3, 0.4) is 0 Å². The van der Waals surface area contributed by atoms with Crippen molar-refractivity contribution in [3.05, 3.63) is 45.9 Å². The highest BCUT2D eigenvalue weighted by atomic mass is 16.5. The van der Waals surface area contributed by atoms with Crippen molar-refractivity contribution in [2.75, 3.05) is 45.7 Å². The Morgan fingerprint density at radius 3 is 2.65 bits per heavy atom. The summed E-state index contributed by atoms with van der Waals surface area (Å²) in [6.07, 6.45) is 4.31. The largest absolute Gasteiger partial charge is 0.469 e. The molecule has 2 atom stereocenters. The van der Waals surface area contributed by atoms with Crippen molar-refractivity contribution in [3.63, 3.8) is 0 Å². The van der Waals surface area contributed by atoms with E-state index in [0.29, 0.717) is 43.8 Å². The summed E-state index contributed by atoms with van der Waals surface area (Å²) in [5.41, 5.74) is 8.37. The predicted octanol–water partition coefficient (Wildman–Crippen LogP) is 1.62. The number of likely N-dealkylation sites (tertiary alicyclic amines) is 1. The maximum absolute atomic E-state index is 12.7. The number of nitrogens with zero attached hydrogens (tertiary/aromatic N) is 4. The average molecular weight is 598 g/mol. The average Bonchev–Trinajstić information content (AvgIpc) is 3.32. The minimum Gasteiger partial charge on any atom is -0.469 e. The lowest BCUT2D eigenvalue weighted by Crippen LogP contribution is -2.46. The molecule has 1 fully saturated rings. The van der Waals surface area contributed by atoms with Gasteiger partial charge in [0.05, 0.1) is 26.7 Å². The maximum atomic E-state index is 12.7. The zero-order valence-corrected chi connectivity index (χ0v) is 25.0. The van der Waals surface area contributed by atoms with Crippen LogP contribution in [0, 0.1) is 11.8 Å². The number of aliphatic hydroxyl groups is 1. The first-order valence-corrected chi connectivity index (χ1v) is 14.9. The van der Waals surface area contributed by atoms with Crippen molar-refractivity contribution >= 4 is 28.9 Å². The molecule has 2 unspecified atom stereocenters. The van der Waals surface area contributed by atoms with E-state index >= 15 is 0 Å². The standard InChI is InChI=1S/C30H43N7O6/c1-3-4-14-43-29-34-27(31)26-28(35-29)37(30(41)33-26)12-5-6-22-17-36(13-11-23(22)19-38)18-24(39)32-16-21-9-7-20(8-10-21)15-25(40)42-2/h7-10,22-23,38H,3-6,11-19H2,1-2H3,(H,32,39)(H,33,41)(H2,31,34,35). The number of nitrogen functional groups attached to an aromatic ring is 1. The topological polar surface area (TPSA) is 178 Å². The van der Waals surface area contributed by atoms with E-state index in [9.17, 15) is 19.5 Å². The van der Waals surface area contributed by atoms with Gasteiger partial charge in [-0.3, -0.25) is 19.1 Å². The van der Waals surface area contributed by atoms with E-state index in [4.69, 9.17) is 15.2 Å². The molecular weight excluding hydrogens is 554 g/mol. The van der Waals surface area contributed by atoms with Crippen molar-refractivity contribution in [2.24, 2.45) is 11.8 Å². The number of anilines is 1. The van der Waals surface area contributed by atoms with E-state index in [1.165, 1.54) is 7.11 Å². The number of hydrogen-bond acceptors (Lipinski definition) is 10. The van der Waals surface area contributed by atoms with Crippen molar-refractivity contribution in [2.45, 2.75) is 58.5 Å². The van der Waals surface area contributed by atoms with Crippen LogP contribution in [0.1, 0.15) is 50.2 Å². The number of methoxy groups -OCH3 is 1. The van der Waals surface area contributed by atoms with Gasteiger partial charge in [-0.05, 0) is 55.2 Å². The number of nitrogens with two attached hydrogens (primary N) is 1. The molecule has 3 aromatic rings. The van der Waals surface area contributed by atoms with Crippen molar-refractivity contribution < 1.29 is 24.2 Å². The lowest BCUT2D eigenvalue weighted by Gasteiger charge is -2.37. The molecule has 2 aromatic heterocycles. The number of fused-ring (bicyclic) bond motifs is 1. The van der Waals surface area contributed by atoms with Crippen molar-refractivity contribution in [1.29, 1.82) is 0 Å². The summed E-state index contributed by atoms with van der Waals surface area (Å²) in [5.74, 6) is 0.128. The maximum Gasteiger partial charge on any atom is 0.327 e. The third-order valence-corrected chi connectivity index (χ3v) is 7.98. The Labute approximate surface area is 250 Å². The predicted molar refractivity (Wildman–Crippen MR) is 161 cm³/mol. The van der Waals surface area contributed by atoms with E-state index in [-0.39, 0.29) is 60.8 Å². The second-order valence-electron chi connectivity index (χ2n) is 11.1. The quantitative estimate of drug-likeness (QED) is 0.149. The number of benzene rings is 1. The third-order valence-electron chi connectivity index (χ3n) is 7.98. The molecule has 0 saturated carbocycles. The SMILES string of the molecule is CCCCOc1nc(N)c2[nH]c(=O)n(CCCC3CN(CC(=O)NCc4ccc(CC(=O)OC)cc4)CCC3CO)c2n1. The summed E-state index contributed by atoms with van der Waals surface area (Å²) in [7, 11) is 1.36. The molecule has 3 heterocycles. The second-order valence-corrected chi connectivity index (χ2v) is 11.1. The fourth-order valence-electron chi connectivity index (χ4n) is 5.46. The second kappa shape index (κ2) is 15.5. The summed E-state index contributed by atoms with van der Waals surface area (Å²) in [6, 6.07) is 7.65. The molecule has 5 N–H and O–H groups in total. The van der Waals surface area contributed by atoms with Gasteiger partial charge < -0.3 is 30.6 Å². The molecule has 4 rings (SSSR count). The van der Waals surface area contributed by atoms with Crippen LogP contribution in [0.25, 0.3) is 11.2 Å². The van der Waals surface area contributed by atoms with Crippen LogP contribution < -0.4 is 21.5 Å². The zero-order chi connectivity index (χ0) is 30.8. The van der Waals surface area contributed by atoms with Crippen molar-refractivity contribution in [1.82, 2.24) is 29.7 Å². The molecule has 1 aromatic carbocycles. The first-order valence-electron chi connectivity index (χ1n) is 14.9. The van der Waals surface area contributed by atoms with Gasteiger partial charge in [0, 0.05) is 26.2 Å². The highest BCUT2D eigenvalue weighted by Gasteiger charge is 2.29. The summed E-state index contributed by atoms with van der Waals surface area (Å²) < 4.78 is 11.9. The van der Waals surface area contributed by atoms with Crippen LogP contribution in [-0.2, 0) is 33.8 Å². The molecule has 0 aliphatic carbocycles. The van der Waals surface area contributed by atoms with Gasteiger partial charge in [-0.2, -0.15) is 9.97 Å². The van der Waals surface area contributed by atoms with Crippen LogP contribution in [0.5, 0.6) is 6.01 Å². The fraction of sp³-hybridized carbons (Fsp3) is 0.567. The minimum atomic E-state index is -0.305. The van der Waals surface area contributed by atoms with Gasteiger partial charge >= 0.3 is 17.7 Å². The number of hydrogen-bond donors (Lipinski definition) is 4. The molecule has 0 bridgehead atoms. The summed E-state index contributed by atoms with van der Waals surface area (Å²) >= 11 is 0. The summed E-state index contributed by atoms with van der Waals surface area (Å²) in [5, 5.41) is 13.0. The Kier molecular flexibility index (Phi) is 11.5. The van der Waals surface area contributed by atoms with Gasteiger partial charge in [-0.15, -0.1) is 0 Å². The molecule has 0 radical (unpaired) electrons. The number of aliphatic hydroxyl groups excluding tert-OH is 1. The Hall–Kier alpha value is -3.97. The number of amides is 1. The van der Waals surface area contributed by atoms with Gasteiger partial charge in [0.25, 0.3) is 0 Å². The molecule has 0 spiro atoms. The molecule has 13 heteroatoms. The van der Waals surface area contributed by atoms with Crippen LogP contribution >= 0.6 is 0 Å². The summed E-state index contributed by atoms with van der Waals surface area (Å²) in [6.45, 7) is 5.14. The smallest absolute Gasteiger partial charge is 0.327 e. The zero-order valence-electron chi connectivity index (χ0n) is 25.0. The number of carbonyl (C=O) groups excluding carboxylic acids is 2. The number of esters is 1. The van der Waals surface area contributed by atoms with Gasteiger partial charge in [-0.1, -0.05) is 37.6 Å². The number of aromatic nitrogens is 4. The Morgan fingerprint density at radius 1 is 1.16 bits per heavy atom. The number of imidazole rings is 1.